The van der Waals surface area contributed by atoms with Crippen molar-refractivity contribution in [1.29, 1.82) is 0 Å². The third-order valence-corrected chi connectivity index (χ3v) is 4.38. The number of ether oxygens (including phenoxy) is 1. The number of halogens is 1. The van der Waals surface area contributed by atoms with Gasteiger partial charge in [-0.25, -0.2) is 0 Å². The molecule has 1 aliphatic rings. The van der Waals surface area contributed by atoms with Gasteiger partial charge in [0.1, 0.15) is 0 Å². The fraction of sp³-hybridized carbons (Fsp3) is 0.467. The summed E-state index contributed by atoms with van der Waals surface area (Å²) in [5.41, 5.74) is 1.29. The summed E-state index contributed by atoms with van der Waals surface area (Å²) >= 11 is 3.59. The van der Waals surface area contributed by atoms with Crippen LogP contribution < -0.4 is 5.32 Å². The first-order valence-corrected chi connectivity index (χ1v) is 7.69. The second-order valence-corrected chi connectivity index (χ2v) is 5.88. The maximum absolute atomic E-state index is 5.60. The summed E-state index contributed by atoms with van der Waals surface area (Å²) in [5, 5.41) is 4.77. The van der Waals surface area contributed by atoms with Gasteiger partial charge in [-0.1, -0.05) is 22.0 Å². The Morgan fingerprint density at radius 3 is 3.16 bits per heavy atom. The van der Waals surface area contributed by atoms with Gasteiger partial charge in [-0.2, -0.15) is 0 Å². The summed E-state index contributed by atoms with van der Waals surface area (Å²) in [7, 11) is 0. The molecule has 2 aromatic rings. The zero-order chi connectivity index (χ0) is 13.1. The van der Waals surface area contributed by atoms with E-state index in [-0.39, 0.29) is 0 Å². The van der Waals surface area contributed by atoms with Gasteiger partial charge < -0.3 is 14.6 Å². The standard InChI is InChI=1S/C15H19BrN2O/c16-14-4-1-5-15-13(14)6-8-18(15)9-7-17-11-12-3-2-10-19-12/h1,4-6,8,12,17H,2-3,7,9-11H2. The normalized spacial score (nSPS) is 19.3. The first-order valence-electron chi connectivity index (χ1n) is 6.90. The van der Waals surface area contributed by atoms with E-state index in [1.54, 1.807) is 0 Å². The van der Waals surface area contributed by atoms with Gasteiger partial charge in [-0.05, 0) is 31.0 Å². The molecule has 1 aliphatic heterocycles. The van der Waals surface area contributed by atoms with E-state index >= 15 is 0 Å². The molecule has 0 amide bonds. The maximum atomic E-state index is 5.60. The minimum absolute atomic E-state index is 0.426. The number of aromatic nitrogens is 1. The van der Waals surface area contributed by atoms with Crippen LogP contribution in [-0.4, -0.2) is 30.4 Å². The van der Waals surface area contributed by atoms with E-state index in [0.717, 1.165) is 30.7 Å². The Morgan fingerprint density at radius 2 is 2.32 bits per heavy atom. The van der Waals surface area contributed by atoms with Crippen molar-refractivity contribution in [2.75, 3.05) is 19.7 Å². The SMILES string of the molecule is Brc1cccc2c1ccn2CCNCC1CCCO1. The Bertz CT molecular complexity index is 546. The molecule has 1 atom stereocenters. The van der Waals surface area contributed by atoms with E-state index in [1.807, 2.05) is 0 Å². The van der Waals surface area contributed by atoms with Crippen molar-refractivity contribution < 1.29 is 4.74 Å². The lowest BCUT2D eigenvalue weighted by Gasteiger charge is -2.11. The van der Waals surface area contributed by atoms with Crippen molar-refractivity contribution in [3.05, 3.63) is 34.9 Å². The summed E-state index contributed by atoms with van der Waals surface area (Å²) in [4.78, 5) is 0. The Balaban J connectivity index is 1.55. The molecule has 0 spiro atoms. The molecule has 0 aliphatic carbocycles. The van der Waals surface area contributed by atoms with Crippen LogP contribution in [0.1, 0.15) is 12.8 Å². The monoisotopic (exact) mass is 322 g/mol. The minimum Gasteiger partial charge on any atom is -0.377 e. The molecular weight excluding hydrogens is 304 g/mol. The van der Waals surface area contributed by atoms with Crippen molar-refractivity contribution in [3.8, 4) is 0 Å². The first kappa shape index (κ1) is 13.2. The molecule has 1 fully saturated rings. The van der Waals surface area contributed by atoms with Crippen LogP contribution in [0, 0.1) is 0 Å². The molecule has 19 heavy (non-hydrogen) atoms. The molecule has 0 saturated carbocycles. The smallest absolute Gasteiger partial charge is 0.0700 e. The Labute approximate surface area is 122 Å². The van der Waals surface area contributed by atoms with Crippen LogP contribution >= 0.6 is 15.9 Å². The number of nitrogens with one attached hydrogen (secondary N) is 1. The minimum atomic E-state index is 0.426. The van der Waals surface area contributed by atoms with Crippen molar-refractivity contribution in [1.82, 2.24) is 9.88 Å². The van der Waals surface area contributed by atoms with Crippen molar-refractivity contribution in [2.45, 2.75) is 25.5 Å². The van der Waals surface area contributed by atoms with Gasteiger partial charge in [0, 0.05) is 47.8 Å². The lowest BCUT2D eigenvalue weighted by Crippen LogP contribution is -2.28. The van der Waals surface area contributed by atoms with Crippen LogP contribution in [0.2, 0.25) is 0 Å². The molecule has 0 bridgehead atoms. The fourth-order valence-corrected chi connectivity index (χ4v) is 3.14. The van der Waals surface area contributed by atoms with Gasteiger partial charge in [0.15, 0.2) is 0 Å². The lowest BCUT2D eigenvalue weighted by molar-refractivity contribution is 0.110. The summed E-state index contributed by atoms with van der Waals surface area (Å²) in [6, 6.07) is 8.50. The largest absolute Gasteiger partial charge is 0.377 e. The molecule has 1 N–H and O–H groups in total. The molecule has 1 saturated heterocycles. The van der Waals surface area contributed by atoms with Crippen LogP contribution in [-0.2, 0) is 11.3 Å². The van der Waals surface area contributed by atoms with Crippen molar-refractivity contribution in [2.24, 2.45) is 0 Å². The van der Waals surface area contributed by atoms with Crippen LogP contribution in [0.5, 0.6) is 0 Å². The molecule has 3 nitrogen and oxygen atoms in total. The van der Waals surface area contributed by atoms with Gasteiger partial charge >= 0.3 is 0 Å². The van der Waals surface area contributed by atoms with Crippen LogP contribution in [0.25, 0.3) is 10.9 Å². The molecule has 3 rings (SSSR count). The second kappa shape index (κ2) is 6.07. The van der Waals surface area contributed by atoms with Crippen molar-refractivity contribution in [3.63, 3.8) is 0 Å². The molecule has 0 radical (unpaired) electrons. The summed E-state index contributed by atoms with van der Waals surface area (Å²) < 4.78 is 9.06. The number of hydrogen-bond acceptors (Lipinski definition) is 2. The maximum Gasteiger partial charge on any atom is 0.0700 e. The van der Waals surface area contributed by atoms with Gasteiger partial charge in [-0.15, -0.1) is 0 Å². The predicted octanol–water partition coefficient (Wildman–Crippen LogP) is 3.17. The highest BCUT2D eigenvalue weighted by Gasteiger charge is 2.14. The van der Waals surface area contributed by atoms with E-state index in [2.05, 4.69) is 56.3 Å². The van der Waals surface area contributed by atoms with Gasteiger partial charge in [0.05, 0.1) is 6.10 Å². The highest BCUT2D eigenvalue weighted by Crippen LogP contribution is 2.24. The number of nitrogens with zero attached hydrogens (tertiary/aromatic N) is 1. The third kappa shape index (κ3) is 3.02. The molecule has 102 valence electrons. The second-order valence-electron chi connectivity index (χ2n) is 5.02. The van der Waals surface area contributed by atoms with Gasteiger partial charge in [-0.3, -0.25) is 0 Å². The first-order chi connectivity index (χ1) is 9.34. The predicted molar refractivity (Wildman–Crippen MR) is 81.5 cm³/mol. The zero-order valence-electron chi connectivity index (χ0n) is 10.9. The summed E-state index contributed by atoms with van der Waals surface area (Å²) in [5.74, 6) is 0. The van der Waals surface area contributed by atoms with Gasteiger partial charge in [0.2, 0.25) is 0 Å². The zero-order valence-corrected chi connectivity index (χ0v) is 12.5. The van der Waals surface area contributed by atoms with Crippen LogP contribution in [0.15, 0.2) is 34.9 Å². The number of fused-ring (bicyclic) bond motifs is 1. The van der Waals surface area contributed by atoms with E-state index in [4.69, 9.17) is 4.74 Å². The summed E-state index contributed by atoms with van der Waals surface area (Å²) in [6.45, 7) is 3.88. The van der Waals surface area contributed by atoms with E-state index in [1.165, 1.54) is 23.7 Å². The van der Waals surface area contributed by atoms with Crippen LogP contribution in [0.3, 0.4) is 0 Å². The molecule has 4 heteroatoms. The topological polar surface area (TPSA) is 26.2 Å². The highest BCUT2D eigenvalue weighted by atomic mass is 79.9. The quantitative estimate of drug-likeness (QED) is 0.856. The Kier molecular flexibility index (Phi) is 4.21. The van der Waals surface area contributed by atoms with E-state index in [9.17, 15) is 0 Å². The molecular formula is C15H19BrN2O. The molecule has 2 heterocycles. The number of hydrogen-bond donors (Lipinski definition) is 1. The summed E-state index contributed by atoms with van der Waals surface area (Å²) in [6.07, 6.45) is 4.99. The average Bonchev–Trinajstić information content (AvgIpc) is 3.05. The van der Waals surface area contributed by atoms with Crippen molar-refractivity contribution >= 4 is 26.8 Å². The number of benzene rings is 1. The third-order valence-electron chi connectivity index (χ3n) is 3.69. The van der Waals surface area contributed by atoms with Crippen LogP contribution in [0.4, 0.5) is 0 Å². The van der Waals surface area contributed by atoms with E-state index in [0.29, 0.717) is 6.10 Å². The Morgan fingerprint density at radius 1 is 1.37 bits per heavy atom. The lowest BCUT2D eigenvalue weighted by atomic mass is 10.2. The highest BCUT2D eigenvalue weighted by molar-refractivity contribution is 9.10. The molecule has 1 aromatic heterocycles. The van der Waals surface area contributed by atoms with E-state index < -0.39 is 0 Å². The Hall–Kier alpha value is -0.840. The van der Waals surface area contributed by atoms with Gasteiger partial charge in [0.25, 0.3) is 0 Å². The average molecular weight is 323 g/mol. The fourth-order valence-electron chi connectivity index (χ4n) is 2.65. The molecule has 1 unspecified atom stereocenters. The molecule has 1 aromatic carbocycles. The number of rotatable bonds is 5.